The number of carbonyl (C=O) groups excluding carboxylic acids is 1. The lowest BCUT2D eigenvalue weighted by Crippen LogP contribution is -1.98. The number of ether oxygens (including phenoxy) is 1. The van der Waals surface area contributed by atoms with Crippen molar-refractivity contribution in [3.8, 4) is 17.1 Å². The summed E-state index contributed by atoms with van der Waals surface area (Å²) < 4.78 is 7.11. The first kappa shape index (κ1) is 12.3. The van der Waals surface area contributed by atoms with Gasteiger partial charge < -0.3 is 9.14 Å². The maximum atomic E-state index is 11.5. The molecule has 0 radical (unpaired) electrons. The predicted molar refractivity (Wildman–Crippen MR) is 75.0 cm³/mol. The molecule has 0 saturated heterocycles. The van der Waals surface area contributed by atoms with Crippen molar-refractivity contribution in [3.05, 3.63) is 48.4 Å². The lowest BCUT2D eigenvalue weighted by atomic mass is 10.1. The van der Waals surface area contributed by atoms with Gasteiger partial charge in [0, 0.05) is 29.7 Å². The van der Waals surface area contributed by atoms with Crippen LogP contribution >= 0.6 is 0 Å². The number of fused-ring (bicyclic) bond motifs is 1. The third kappa shape index (κ3) is 2.03. The van der Waals surface area contributed by atoms with Crippen LogP contribution in [0.1, 0.15) is 17.3 Å². The summed E-state index contributed by atoms with van der Waals surface area (Å²) in [6.45, 7) is 1.55. The third-order valence-electron chi connectivity index (χ3n) is 3.10. The van der Waals surface area contributed by atoms with Crippen molar-refractivity contribution < 1.29 is 9.53 Å². The molecule has 0 bridgehead atoms. The number of methoxy groups -OCH3 is 1. The van der Waals surface area contributed by atoms with Crippen molar-refractivity contribution >= 4 is 11.4 Å². The molecule has 0 atom stereocenters. The predicted octanol–water partition coefficient (Wildman–Crippen LogP) is 2.61. The van der Waals surface area contributed by atoms with Crippen LogP contribution in [0, 0.1) is 0 Å². The fraction of sp³-hybridized carbons (Fsp3) is 0.133. The Balaban J connectivity index is 2.18. The summed E-state index contributed by atoms with van der Waals surface area (Å²) in [4.78, 5) is 20.1. The summed E-state index contributed by atoms with van der Waals surface area (Å²) in [7, 11) is 1.56. The molecule has 0 unspecified atom stereocenters. The lowest BCUT2D eigenvalue weighted by molar-refractivity contribution is 0.101. The van der Waals surface area contributed by atoms with E-state index in [0.29, 0.717) is 17.1 Å². The number of rotatable bonds is 3. The van der Waals surface area contributed by atoms with Crippen LogP contribution in [0.3, 0.4) is 0 Å². The Morgan fingerprint density at radius 3 is 2.95 bits per heavy atom. The Morgan fingerprint density at radius 2 is 2.20 bits per heavy atom. The van der Waals surface area contributed by atoms with Gasteiger partial charge in [-0.3, -0.25) is 4.79 Å². The summed E-state index contributed by atoms with van der Waals surface area (Å²) in [6.07, 6.45) is 5.39. The van der Waals surface area contributed by atoms with E-state index in [0.717, 1.165) is 11.3 Å². The normalized spacial score (nSPS) is 10.7. The van der Waals surface area contributed by atoms with Gasteiger partial charge >= 0.3 is 0 Å². The van der Waals surface area contributed by atoms with Crippen LogP contribution in [-0.4, -0.2) is 27.3 Å². The van der Waals surface area contributed by atoms with E-state index in [1.807, 2.05) is 35.0 Å². The largest absolute Gasteiger partial charge is 0.478 e. The van der Waals surface area contributed by atoms with Gasteiger partial charge in [0.15, 0.2) is 11.4 Å². The molecule has 3 rings (SSSR count). The number of aromatic nitrogens is 3. The number of nitrogens with zero attached hydrogens (tertiary/aromatic N) is 3. The molecule has 5 heteroatoms. The molecule has 0 aliphatic carbocycles. The summed E-state index contributed by atoms with van der Waals surface area (Å²) in [5, 5.41) is 0. The van der Waals surface area contributed by atoms with Gasteiger partial charge in [0.05, 0.1) is 12.8 Å². The van der Waals surface area contributed by atoms with Crippen LogP contribution in [0.15, 0.2) is 42.9 Å². The molecule has 2 aromatic heterocycles. The van der Waals surface area contributed by atoms with Gasteiger partial charge in [-0.15, -0.1) is 0 Å². The first-order chi connectivity index (χ1) is 9.69. The first-order valence-corrected chi connectivity index (χ1v) is 6.18. The molecule has 0 aliphatic heterocycles. The van der Waals surface area contributed by atoms with Crippen molar-refractivity contribution in [2.45, 2.75) is 6.92 Å². The van der Waals surface area contributed by atoms with E-state index in [2.05, 4.69) is 9.97 Å². The second kappa shape index (κ2) is 4.77. The lowest BCUT2D eigenvalue weighted by Gasteiger charge is -2.07. The summed E-state index contributed by atoms with van der Waals surface area (Å²) >= 11 is 0. The summed E-state index contributed by atoms with van der Waals surface area (Å²) in [5.41, 5.74) is 2.93. The summed E-state index contributed by atoms with van der Waals surface area (Å²) in [5.74, 6) is 0.489. The van der Waals surface area contributed by atoms with Crippen LogP contribution < -0.4 is 4.74 Å². The van der Waals surface area contributed by atoms with Crippen LogP contribution in [0.4, 0.5) is 0 Å². The molecule has 20 heavy (non-hydrogen) atoms. The average Bonchev–Trinajstić information content (AvgIpc) is 2.94. The Labute approximate surface area is 115 Å². The van der Waals surface area contributed by atoms with Gasteiger partial charge in [-0.05, 0) is 13.0 Å². The highest BCUT2D eigenvalue weighted by molar-refractivity contribution is 5.95. The van der Waals surface area contributed by atoms with Crippen molar-refractivity contribution in [1.82, 2.24) is 14.4 Å². The van der Waals surface area contributed by atoms with E-state index in [-0.39, 0.29) is 5.78 Å². The molecule has 0 saturated carbocycles. The SMILES string of the molecule is COc1nc(-c2cccc(C(C)=O)c2)cn2ccnc12. The number of carbonyl (C=O) groups is 1. The molecule has 0 spiro atoms. The van der Waals surface area contributed by atoms with Gasteiger partial charge in [-0.1, -0.05) is 18.2 Å². The fourth-order valence-corrected chi connectivity index (χ4v) is 2.08. The monoisotopic (exact) mass is 267 g/mol. The molecule has 2 heterocycles. The number of Topliss-reactive ketones (excluding diaryl/α,β-unsaturated/α-hetero) is 1. The Hall–Kier alpha value is -2.69. The van der Waals surface area contributed by atoms with E-state index in [1.165, 1.54) is 0 Å². The smallest absolute Gasteiger partial charge is 0.258 e. The Bertz CT molecular complexity index is 793. The quantitative estimate of drug-likeness (QED) is 0.684. The maximum Gasteiger partial charge on any atom is 0.258 e. The minimum Gasteiger partial charge on any atom is -0.478 e. The minimum atomic E-state index is 0.0301. The van der Waals surface area contributed by atoms with Crippen LogP contribution in [0.25, 0.3) is 16.9 Å². The molecule has 0 amide bonds. The highest BCUT2D eigenvalue weighted by atomic mass is 16.5. The zero-order valence-electron chi connectivity index (χ0n) is 11.2. The first-order valence-electron chi connectivity index (χ1n) is 6.18. The van der Waals surface area contributed by atoms with Gasteiger partial charge in [0.25, 0.3) is 5.88 Å². The summed E-state index contributed by atoms with van der Waals surface area (Å²) in [6, 6.07) is 7.38. The Kier molecular flexibility index (Phi) is 2.95. The standard InChI is InChI=1S/C15H13N3O2/c1-10(19)11-4-3-5-12(8-11)13-9-18-7-6-16-14(18)15(17-13)20-2/h3-9H,1-2H3. The number of imidazole rings is 1. The molecule has 1 aromatic carbocycles. The van der Waals surface area contributed by atoms with E-state index >= 15 is 0 Å². The van der Waals surface area contributed by atoms with Crippen LogP contribution in [0.2, 0.25) is 0 Å². The molecule has 3 aromatic rings. The fourth-order valence-electron chi connectivity index (χ4n) is 2.08. The number of benzene rings is 1. The van der Waals surface area contributed by atoms with E-state index < -0.39 is 0 Å². The molecule has 0 aliphatic rings. The van der Waals surface area contributed by atoms with Gasteiger partial charge in [-0.2, -0.15) is 0 Å². The van der Waals surface area contributed by atoms with Crippen molar-refractivity contribution in [2.75, 3.05) is 7.11 Å². The maximum absolute atomic E-state index is 11.5. The van der Waals surface area contributed by atoms with Gasteiger partial charge in [-0.25, -0.2) is 9.97 Å². The Morgan fingerprint density at radius 1 is 1.35 bits per heavy atom. The van der Waals surface area contributed by atoms with E-state index in [9.17, 15) is 4.79 Å². The average molecular weight is 267 g/mol. The molecule has 100 valence electrons. The van der Waals surface area contributed by atoms with Crippen LogP contribution in [-0.2, 0) is 0 Å². The van der Waals surface area contributed by atoms with Gasteiger partial charge in [0.2, 0.25) is 0 Å². The van der Waals surface area contributed by atoms with Crippen LogP contribution in [0.5, 0.6) is 5.88 Å². The van der Waals surface area contributed by atoms with Crippen molar-refractivity contribution in [2.24, 2.45) is 0 Å². The van der Waals surface area contributed by atoms with Crippen molar-refractivity contribution in [1.29, 1.82) is 0 Å². The molecule has 0 N–H and O–H groups in total. The number of hydrogen-bond donors (Lipinski definition) is 0. The third-order valence-corrected chi connectivity index (χ3v) is 3.10. The number of hydrogen-bond acceptors (Lipinski definition) is 4. The second-order valence-corrected chi connectivity index (χ2v) is 4.43. The number of ketones is 1. The molecular formula is C15H13N3O2. The highest BCUT2D eigenvalue weighted by Gasteiger charge is 2.10. The molecular weight excluding hydrogens is 254 g/mol. The molecule has 5 nitrogen and oxygen atoms in total. The zero-order chi connectivity index (χ0) is 14.1. The second-order valence-electron chi connectivity index (χ2n) is 4.43. The topological polar surface area (TPSA) is 56.5 Å². The van der Waals surface area contributed by atoms with E-state index in [1.54, 1.807) is 26.3 Å². The molecule has 0 fully saturated rings. The zero-order valence-corrected chi connectivity index (χ0v) is 11.2. The minimum absolute atomic E-state index is 0.0301. The van der Waals surface area contributed by atoms with Gasteiger partial charge in [0.1, 0.15) is 0 Å². The van der Waals surface area contributed by atoms with Crippen molar-refractivity contribution in [3.63, 3.8) is 0 Å². The highest BCUT2D eigenvalue weighted by Crippen LogP contribution is 2.23. The van der Waals surface area contributed by atoms with E-state index in [4.69, 9.17) is 4.74 Å².